The van der Waals surface area contributed by atoms with Crippen LogP contribution in [-0.4, -0.2) is 16.0 Å². The molecular weight excluding hydrogens is 258 g/mol. The van der Waals surface area contributed by atoms with Crippen LogP contribution in [0.4, 0.5) is 0 Å². The number of aliphatic carboxylic acids is 1. The van der Waals surface area contributed by atoms with Crippen LogP contribution >= 0.6 is 0 Å². The number of nitrogens with zero attached hydrogens (tertiary/aromatic N) is 1. The van der Waals surface area contributed by atoms with Crippen LogP contribution in [0.2, 0.25) is 0 Å². The fraction of sp³-hybridized carbons (Fsp3) is 0. The molecule has 0 fully saturated rings. The van der Waals surface area contributed by atoms with Gasteiger partial charge in [-0.3, -0.25) is 10.1 Å². The zero-order chi connectivity index (χ0) is 14.5. The minimum atomic E-state index is -1.33. The second-order valence-corrected chi connectivity index (χ2v) is 4.02. The minimum absolute atomic E-state index is 0.263. The first kappa shape index (κ1) is 13.5. The molecular formula is C15H11NO4. The maximum Gasteiger partial charge on any atom is 0.343 e. The molecule has 0 spiro atoms. The number of hydrogen-bond acceptors (Lipinski definition) is 3. The van der Waals surface area contributed by atoms with Gasteiger partial charge in [0.05, 0.1) is 10.5 Å². The van der Waals surface area contributed by atoms with E-state index in [1.54, 1.807) is 36.4 Å². The highest BCUT2D eigenvalue weighted by Gasteiger charge is 2.27. The summed E-state index contributed by atoms with van der Waals surface area (Å²) >= 11 is 0. The van der Waals surface area contributed by atoms with E-state index in [1.165, 1.54) is 24.3 Å². The summed E-state index contributed by atoms with van der Waals surface area (Å²) in [4.78, 5) is 22.1. The fourth-order valence-corrected chi connectivity index (χ4v) is 1.90. The van der Waals surface area contributed by atoms with E-state index >= 15 is 0 Å². The highest BCUT2D eigenvalue weighted by molar-refractivity contribution is 6.22. The van der Waals surface area contributed by atoms with Gasteiger partial charge in [0.25, 0.3) is 5.70 Å². The molecule has 1 N–H and O–H groups in total. The SMILES string of the molecule is O=C(O)C(=C(c1ccccc1)[N+](=O)[O-])c1ccccc1. The lowest BCUT2D eigenvalue weighted by atomic mass is 10.00. The maximum absolute atomic E-state index is 11.5. The molecule has 20 heavy (non-hydrogen) atoms. The molecule has 0 amide bonds. The van der Waals surface area contributed by atoms with Crippen molar-refractivity contribution in [1.29, 1.82) is 0 Å². The van der Waals surface area contributed by atoms with Crippen molar-refractivity contribution in [2.24, 2.45) is 0 Å². The van der Waals surface area contributed by atoms with Gasteiger partial charge in [-0.25, -0.2) is 4.79 Å². The molecule has 5 heteroatoms. The van der Waals surface area contributed by atoms with Crippen molar-refractivity contribution in [2.45, 2.75) is 0 Å². The molecule has 0 unspecified atom stereocenters. The quantitative estimate of drug-likeness (QED) is 0.400. The standard InChI is InChI=1S/C15H11NO4/c17-15(18)13(11-7-3-1-4-8-11)14(16(19)20)12-9-5-2-6-10-12/h1-10H,(H,17,18). The van der Waals surface area contributed by atoms with Crippen LogP contribution in [-0.2, 0) is 4.79 Å². The van der Waals surface area contributed by atoms with Gasteiger partial charge in [-0.2, -0.15) is 0 Å². The normalized spacial score (nSPS) is 11.6. The summed E-state index contributed by atoms with van der Waals surface area (Å²) in [5.74, 6) is -1.33. The first-order valence-corrected chi connectivity index (χ1v) is 5.84. The Balaban J connectivity index is 2.74. The molecule has 0 radical (unpaired) electrons. The number of carboxylic acid groups (broad SMARTS) is 1. The maximum atomic E-state index is 11.5. The van der Waals surface area contributed by atoms with E-state index in [4.69, 9.17) is 0 Å². The third-order valence-electron chi connectivity index (χ3n) is 2.74. The molecule has 0 aromatic heterocycles. The van der Waals surface area contributed by atoms with Crippen molar-refractivity contribution < 1.29 is 14.8 Å². The number of carbonyl (C=O) groups is 1. The summed E-state index contributed by atoms with van der Waals surface area (Å²) in [7, 11) is 0. The van der Waals surface area contributed by atoms with Crippen molar-refractivity contribution in [2.75, 3.05) is 0 Å². The van der Waals surface area contributed by atoms with Crippen LogP contribution < -0.4 is 0 Å². The predicted octanol–water partition coefficient (Wildman–Crippen LogP) is 2.92. The highest BCUT2D eigenvalue weighted by atomic mass is 16.6. The van der Waals surface area contributed by atoms with Gasteiger partial charge in [-0.05, 0) is 17.7 Å². The van der Waals surface area contributed by atoms with Crippen LogP contribution in [0, 0.1) is 10.1 Å². The number of benzene rings is 2. The van der Waals surface area contributed by atoms with Crippen LogP contribution in [0.3, 0.4) is 0 Å². The summed E-state index contributed by atoms with van der Waals surface area (Å²) in [6.07, 6.45) is 0. The van der Waals surface area contributed by atoms with Gasteiger partial charge >= 0.3 is 5.97 Å². The minimum Gasteiger partial charge on any atom is -0.477 e. The van der Waals surface area contributed by atoms with E-state index in [-0.39, 0.29) is 11.1 Å². The fourth-order valence-electron chi connectivity index (χ4n) is 1.90. The van der Waals surface area contributed by atoms with Gasteiger partial charge in [0.1, 0.15) is 5.57 Å². The van der Waals surface area contributed by atoms with Crippen LogP contribution in [0.25, 0.3) is 11.3 Å². The van der Waals surface area contributed by atoms with Crippen LogP contribution in [0.5, 0.6) is 0 Å². The van der Waals surface area contributed by atoms with Crippen molar-refractivity contribution >= 4 is 17.2 Å². The van der Waals surface area contributed by atoms with Crippen molar-refractivity contribution in [3.63, 3.8) is 0 Å². The topological polar surface area (TPSA) is 80.4 Å². The molecule has 5 nitrogen and oxygen atoms in total. The largest absolute Gasteiger partial charge is 0.477 e. The van der Waals surface area contributed by atoms with Crippen LogP contribution in [0.1, 0.15) is 11.1 Å². The summed E-state index contributed by atoms with van der Waals surface area (Å²) in [5.41, 5.74) is -0.166. The Morgan fingerprint density at radius 3 is 1.75 bits per heavy atom. The molecule has 2 rings (SSSR count). The molecule has 0 atom stereocenters. The van der Waals surface area contributed by atoms with Gasteiger partial charge in [-0.1, -0.05) is 48.5 Å². The average Bonchev–Trinajstić information content (AvgIpc) is 2.45. The number of carboxylic acids is 1. The van der Waals surface area contributed by atoms with Gasteiger partial charge in [-0.15, -0.1) is 0 Å². The van der Waals surface area contributed by atoms with Gasteiger partial charge < -0.3 is 5.11 Å². The summed E-state index contributed by atoms with van der Waals surface area (Å²) in [5, 5.41) is 20.6. The molecule has 2 aromatic rings. The summed E-state index contributed by atoms with van der Waals surface area (Å²) in [6.45, 7) is 0. The molecule has 0 aliphatic carbocycles. The van der Waals surface area contributed by atoms with Crippen molar-refractivity contribution in [3.05, 3.63) is 81.9 Å². The lowest BCUT2D eigenvalue weighted by Crippen LogP contribution is -2.09. The Morgan fingerprint density at radius 1 is 0.900 bits per heavy atom. The number of nitro groups is 1. The highest BCUT2D eigenvalue weighted by Crippen LogP contribution is 2.27. The van der Waals surface area contributed by atoms with Crippen molar-refractivity contribution in [3.8, 4) is 0 Å². The number of hydrogen-bond donors (Lipinski definition) is 1. The Bertz CT molecular complexity index is 603. The molecule has 0 aliphatic heterocycles. The third kappa shape index (κ3) is 2.72. The second kappa shape index (κ2) is 5.79. The Hall–Kier alpha value is -2.95. The molecule has 0 saturated heterocycles. The Kier molecular flexibility index (Phi) is 3.91. The van der Waals surface area contributed by atoms with E-state index in [9.17, 15) is 20.0 Å². The Morgan fingerprint density at radius 2 is 1.35 bits per heavy atom. The van der Waals surface area contributed by atoms with E-state index in [0.717, 1.165) is 0 Å². The van der Waals surface area contributed by atoms with E-state index in [1.807, 2.05) is 0 Å². The molecule has 0 aliphatic rings. The van der Waals surface area contributed by atoms with Crippen molar-refractivity contribution in [1.82, 2.24) is 0 Å². The molecule has 2 aromatic carbocycles. The van der Waals surface area contributed by atoms with Gasteiger partial charge in [0.15, 0.2) is 0 Å². The average molecular weight is 269 g/mol. The van der Waals surface area contributed by atoms with E-state index < -0.39 is 16.6 Å². The van der Waals surface area contributed by atoms with Gasteiger partial charge in [0, 0.05) is 0 Å². The molecule has 100 valence electrons. The summed E-state index contributed by atoms with van der Waals surface area (Å²) < 4.78 is 0. The lowest BCUT2D eigenvalue weighted by Gasteiger charge is -2.05. The molecule has 0 bridgehead atoms. The first-order chi connectivity index (χ1) is 9.61. The zero-order valence-electron chi connectivity index (χ0n) is 10.4. The first-order valence-electron chi connectivity index (χ1n) is 5.84. The van der Waals surface area contributed by atoms with E-state index in [0.29, 0.717) is 5.56 Å². The monoisotopic (exact) mass is 269 g/mol. The molecule has 0 saturated carbocycles. The summed E-state index contributed by atoms with van der Waals surface area (Å²) in [6, 6.07) is 16.1. The zero-order valence-corrected chi connectivity index (χ0v) is 10.4. The third-order valence-corrected chi connectivity index (χ3v) is 2.74. The second-order valence-electron chi connectivity index (χ2n) is 4.02. The lowest BCUT2D eigenvalue weighted by molar-refractivity contribution is -0.374. The van der Waals surface area contributed by atoms with E-state index in [2.05, 4.69) is 0 Å². The smallest absolute Gasteiger partial charge is 0.343 e. The number of rotatable bonds is 4. The van der Waals surface area contributed by atoms with Crippen LogP contribution in [0.15, 0.2) is 60.7 Å². The molecule has 0 heterocycles. The van der Waals surface area contributed by atoms with Gasteiger partial charge in [0.2, 0.25) is 0 Å². The Labute approximate surface area is 115 Å². The predicted molar refractivity (Wildman–Crippen MR) is 74.3 cm³/mol.